The van der Waals surface area contributed by atoms with Gasteiger partial charge in [0.1, 0.15) is 0 Å². The number of allylic oxidation sites excluding steroid dienone is 1. The molecule has 58 valence electrons. The zero-order chi connectivity index (χ0) is 7.61. The topological polar surface area (TPSA) is 12.0 Å². The minimum absolute atomic E-state index is 0.487. The largest absolute Gasteiger partial charge is 0.314 e. The molecule has 0 aromatic heterocycles. The summed E-state index contributed by atoms with van der Waals surface area (Å²) in [7, 11) is 0. The zero-order valence-corrected chi connectivity index (χ0v) is 6.98. The standard InChI is InChI=1S/C9H17N/c1-4-5-9(3)6-8(2)10-7-9/h4,8,10H,1,5-7H2,2-3H3/t8-,9+/m1/s1. The molecule has 0 aliphatic carbocycles. The van der Waals surface area contributed by atoms with E-state index >= 15 is 0 Å². The summed E-state index contributed by atoms with van der Waals surface area (Å²) in [5.74, 6) is 0. The summed E-state index contributed by atoms with van der Waals surface area (Å²) in [4.78, 5) is 0. The van der Waals surface area contributed by atoms with Crippen LogP contribution in [0.5, 0.6) is 0 Å². The Morgan fingerprint density at radius 3 is 2.90 bits per heavy atom. The van der Waals surface area contributed by atoms with E-state index in [0.29, 0.717) is 11.5 Å². The van der Waals surface area contributed by atoms with Gasteiger partial charge >= 0.3 is 0 Å². The van der Waals surface area contributed by atoms with Gasteiger partial charge in [-0.3, -0.25) is 0 Å². The predicted molar refractivity (Wildman–Crippen MR) is 45.0 cm³/mol. The fourth-order valence-electron chi connectivity index (χ4n) is 1.81. The molecule has 1 saturated heterocycles. The maximum atomic E-state index is 3.77. The van der Waals surface area contributed by atoms with Crippen molar-refractivity contribution in [2.45, 2.75) is 32.7 Å². The second-order valence-corrected chi connectivity index (χ2v) is 3.79. The van der Waals surface area contributed by atoms with Crippen LogP contribution in [-0.4, -0.2) is 12.6 Å². The normalized spacial score (nSPS) is 40.0. The molecule has 0 spiro atoms. The summed E-state index contributed by atoms with van der Waals surface area (Å²) < 4.78 is 0. The molecule has 0 unspecified atom stereocenters. The second-order valence-electron chi connectivity index (χ2n) is 3.79. The summed E-state index contributed by atoms with van der Waals surface area (Å²) in [6.07, 6.45) is 4.46. The van der Waals surface area contributed by atoms with Gasteiger partial charge in [0.05, 0.1) is 0 Å². The van der Waals surface area contributed by atoms with Crippen LogP contribution in [0.2, 0.25) is 0 Å². The van der Waals surface area contributed by atoms with Crippen LogP contribution < -0.4 is 5.32 Å². The lowest BCUT2D eigenvalue weighted by molar-refractivity contribution is 0.364. The molecule has 1 aliphatic heterocycles. The van der Waals surface area contributed by atoms with Crippen molar-refractivity contribution in [1.29, 1.82) is 0 Å². The molecule has 1 rings (SSSR count). The van der Waals surface area contributed by atoms with Crippen LogP contribution in [0.25, 0.3) is 0 Å². The van der Waals surface area contributed by atoms with Crippen molar-refractivity contribution in [2.75, 3.05) is 6.54 Å². The van der Waals surface area contributed by atoms with Crippen LogP contribution in [0.1, 0.15) is 26.7 Å². The Morgan fingerprint density at radius 2 is 2.50 bits per heavy atom. The van der Waals surface area contributed by atoms with E-state index in [9.17, 15) is 0 Å². The predicted octanol–water partition coefficient (Wildman–Crippen LogP) is 1.95. The first kappa shape index (κ1) is 7.80. The lowest BCUT2D eigenvalue weighted by atomic mass is 9.85. The highest BCUT2D eigenvalue weighted by molar-refractivity contribution is 4.92. The highest BCUT2D eigenvalue weighted by Crippen LogP contribution is 2.31. The molecule has 2 atom stereocenters. The maximum absolute atomic E-state index is 3.77. The van der Waals surface area contributed by atoms with Gasteiger partial charge in [0.25, 0.3) is 0 Å². The Hall–Kier alpha value is -0.300. The van der Waals surface area contributed by atoms with E-state index in [0.717, 1.165) is 13.0 Å². The molecule has 0 radical (unpaired) electrons. The van der Waals surface area contributed by atoms with Gasteiger partial charge in [-0.25, -0.2) is 0 Å². The molecule has 1 heterocycles. The first-order valence-electron chi connectivity index (χ1n) is 4.00. The van der Waals surface area contributed by atoms with Crippen LogP contribution in [0.15, 0.2) is 12.7 Å². The Kier molecular flexibility index (Phi) is 2.14. The smallest absolute Gasteiger partial charge is 0.00447 e. The maximum Gasteiger partial charge on any atom is 0.00447 e. The number of nitrogens with one attached hydrogen (secondary N) is 1. The van der Waals surface area contributed by atoms with Gasteiger partial charge in [0.2, 0.25) is 0 Å². The minimum atomic E-state index is 0.487. The van der Waals surface area contributed by atoms with E-state index in [1.165, 1.54) is 6.42 Å². The molecule has 1 fully saturated rings. The van der Waals surface area contributed by atoms with Gasteiger partial charge in [-0.05, 0) is 25.2 Å². The molecular formula is C9H17N. The van der Waals surface area contributed by atoms with Gasteiger partial charge in [-0.1, -0.05) is 13.0 Å². The highest BCUT2D eigenvalue weighted by Gasteiger charge is 2.30. The summed E-state index contributed by atoms with van der Waals surface area (Å²) >= 11 is 0. The average Bonchev–Trinajstić information content (AvgIpc) is 2.12. The Bertz CT molecular complexity index is 131. The molecule has 1 nitrogen and oxygen atoms in total. The Balaban J connectivity index is 2.45. The molecule has 1 aliphatic rings. The fraction of sp³-hybridized carbons (Fsp3) is 0.778. The van der Waals surface area contributed by atoms with Gasteiger partial charge < -0.3 is 5.32 Å². The Labute approximate surface area is 63.5 Å². The van der Waals surface area contributed by atoms with Crippen molar-refractivity contribution < 1.29 is 0 Å². The summed E-state index contributed by atoms with van der Waals surface area (Å²) in [6, 6.07) is 0.699. The van der Waals surface area contributed by atoms with Gasteiger partial charge in [-0.15, -0.1) is 6.58 Å². The molecule has 0 aromatic rings. The van der Waals surface area contributed by atoms with Gasteiger partial charge in [-0.2, -0.15) is 0 Å². The van der Waals surface area contributed by atoms with Crippen molar-refractivity contribution >= 4 is 0 Å². The van der Waals surface area contributed by atoms with Crippen molar-refractivity contribution in [3.05, 3.63) is 12.7 Å². The summed E-state index contributed by atoms with van der Waals surface area (Å²) in [5.41, 5.74) is 0.487. The van der Waals surface area contributed by atoms with Crippen LogP contribution in [0, 0.1) is 5.41 Å². The van der Waals surface area contributed by atoms with E-state index in [-0.39, 0.29) is 0 Å². The minimum Gasteiger partial charge on any atom is -0.314 e. The number of hydrogen-bond donors (Lipinski definition) is 1. The van der Waals surface area contributed by atoms with E-state index in [4.69, 9.17) is 0 Å². The second kappa shape index (κ2) is 2.75. The Morgan fingerprint density at radius 1 is 1.80 bits per heavy atom. The fourth-order valence-corrected chi connectivity index (χ4v) is 1.81. The van der Waals surface area contributed by atoms with E-state index in [2.05, 4.69) is 25.7 Å². The van der Waals surface area contributed by atoms with Crippen LogP contribution in [0.3, 0.4) is 0 Å². The first-order valence-corrected chi connectivity index (χ1v) is 4.00. The molecule has 0 bridgehead atoms. The van der Waals surface area contributed by atoms with Crippen molar-refractivity contribution in [2.24, 2.45) is 5.41 Å². The lowest BCUT2D eigenvalue weighted by Gasteiger charge is -2.19. The van der Waals surface area contributed by atoms with E-state index < -0.39 is 0 Å². The molecule has 0 aromatic carbocycles. The average molecular weight is 139 g/mol. The van der Waals surface area contributed by atoms with E-state index in [1.54, 1.807) is 0 Å². The quantitative estimate of drug-likeness (QED) is 0.577. The van der Waals surface area contributed by atoms with Crippen LogP contribution in [-0.2, 0) is 0 Å². The highest BCUT2D eigenvalue weighted by atomic mass is 15.0. The van der Waals surface area contributed by atoms with Crippen molar-refractivity contribution in [1.82, 2.24) is 5.32 Å². The molecule has 0 saturated carbocycles. The SMILES string of the molecule is C=CC[C@]1(C)CN[C@H](C)C1. The number of rotatable bonds is 2. The van der Waals surface area contributed by atoms with E-state index in [1.807, 2.05) is 6.08 Å². The lowest BCUT2D eigenvalue weighted by Crippen LogP contribution is -2.20. The third kappa shape index (κ3) is 1.60. The monoisotopic (exact) mass is 139 g/mol. The van der Waals surface area contributed by atoms with Crippen LogP contribution >= 0.6 is 0 Å². The van der Waals surface area contributed by atoms with Crippen LogP contribution in [0.4, 0.5) is 0 Å². The molecular weight excluding hydrogens is 122 g/mol. The van der Waals surface area contributed by atoms with Gasteiger partial charge in [0.15, 0.2) is 0 Å². The van der Waals surface area contributed by atoms with Crippen molar-refractivity contribution in [3.63, 3.8) is 0 Å². The molecule has 0 amide bonds. The third-order valence-electron chi connectivity index (χ3n) is 2.31. The number of hydrogen-bond acceptors (Lipinski definition) is 1. The first-order chi connectivity index (χ1) is 4.66. The third-order valence-corrected chi connectivity index (χ3v) is 2.31. The molecule has 10 heavy (non-hydrogen) atoms. The molecule has 1 N–H and O–H groups in total. The van der Waals surface area contributed by atoms with Crippen molar-refractivity contribution in [3.8, 4) is 0 Å². The summed E-state index contributed by atoms with van der Waals surface area (Å²) in [6.45, 7) is 9.49. The summed E-state index contributed by atoms with van der Waals surface area (Å²) in [5, 5.41) is 3.45. The zero-order valence-electron chi connectivity index (χ0n) is 6.98. The van der Waals surface area contributed by atoms with Gasteiger partial charge in [0, 0.05) is 12.6 Å². The molecule has 1 heteroatoms.